The highest BCUT2D eigenvalue weighted by Crippen LogP contribution is 2.29. The Morgan fingerprint density at radius 3 is 2.50 bits per heavy atom. The Kier molecular flexibility index (Phi) is 5.79. The molecule has 1 atom stereocenters. The van der Waals surface area contributed by atoms with Gasteiger partial charge in [0.05, 0.1) is 6.04 Å². The number of amides is 2. The third kappa shape index (κ3) is 4.38. The summed E-state index contributed by atoms with van der Waals surface area (Å²) in [5.74, 6) is -0.0392. The number of rotatable bonds is 5. The lowest BCUT2D eigenvalue weighted by Crippen LogP contribution is -2.53. The van der Waals surface area contributed by atoms with Crippen molar-refractivity contribution in [1.29, 1.82) is 0 Å². The molecule has 0 saturated heterocycles. The Bertz CT molecular complexity index is 877. The second-order valence-electron chi connectivity index (χ2n) is 8.14. The number of hydrogen-bond donors (Lipinski definition) is 1. The van der Waals surface area contributed by atoms with E-state index in [2.05, 4.69) is 15.9 Å². The average molecular weight is 445 g/mol. The molecule has 0 saturated carbocycles. The predicted octanol–water partition coefficient (Wildman–Crippen LogP) is 4.79. The molecule has 2 aromatic carbocycles. The fourth-order valence-electron chi connectivity index (χ4n) is 3.62. The van der Waals surface area contributed by atoms with Crippen molar-refractivity contribution in [2.45, 2.75) is 45.3 Å². The van der Waals surface area contributed by atoms with Crippen molar-refractivity contribution in [3.8, 4) is 0 Å². The monoisotopic (exact) mass is 444 g/mol. The van der Waals surface area contributed by atoms with Crippen molar-refractivity contribution in [3.63, 3.8) is 0 Å². The van der Waals surface area contributed by atoms with E-state index in [1.165, 1.54) is 4.90 Å². The molecule has 3 rings (SSSR count). The quantitative estimate of drug-likeness (QED) is 0.720. The average Bonchev–Trinajstić information content (AvgIpc) is 2.94. The van der Waals surface area contributed by atoms with Crippen molar-refractivity contribution >= 4 is 27.9 Å². The van der Waals surface area contributed by atoms with Crippen molar-refractivity contribution in [3.05, 3.63) is 69.7 Å². The largest absolute Gasteiger partial charge is 0.465 e. The van der Waals surface area contributed by atoms with Crippen LogP contribution in [0.1, 0.15) is 42.3 Å². The normalized spacial score (nSPS) is 14.7. The maximum absolute atomic E-state index is 13.1. The maximum Gasteiger partial charge on any atom is 0.407 e. The third-order valence-electron chi connectivity index (χ3n) is 5.09. The number of carbonyl (C=O) groups excluding carboxylic acids is 1. The molecule has 0 aliphatic carbocycles. The van der Waals surface area contributed by atoms with E-state index in [0.29, 0.717) is 18.5 Å². The lowest BCUT2D eigenvalue weighted by atomic mass is 10.0. The molecule has 2 aromatic rings. The Morgan fingerprint density at radius 1 is 1.21 bits per heavy atom. The Morgan fingerprint density at radius 2 is 1.89 bits per heavy atom. The molecule has 5 nitrogen and oxygen atoms in total. The SMILES string of the molecule is CC(C)(C)N(C[C@H](Cc1ccccc1)N1Cc2cc(Br)ccc2C1=O)C(=O)O. The van der Waals surface area contributed by atoms with Crippen LogP contribution in [-0.2, 0) is 13.0 Å². The Labute approximate surface area is 174 Å². The van der Waals surface area contributed by atoms with Crippen LogP contribution in [-0.4, -0.2) is 45.0 Å². The first kappa shape index (κ1) is 20.4. The zero-order chi connectivity index (χ0) is 20.5. The van der Waals surface area contributed by atoms with E-state index in [1.54, 1.807) is 0 Å². The summed E-state index contributed by atoms with van der Waals surface area (Å²) in [5.41, 5.74) is 2.19. The summed E-state index contributed by atoms with van der Waals surface area (Å²) >= 11 is 3.47. The standard InChI is InChI=1S/C22H25BrN2O3/c1-22(2,3)25(21(27)28)14-18(11-15-7-5-4-6-8-15)24-13-16-12-17(23)9-10-19(16)20(24)26/h4-10,12,18H,11,13-14H2,1-3H3,(H,27,28)/t18-/m0/s1. The number of hydrogen-bond acceptors (Lipinski definition) is 2. The molecule has 1 N–H and O–H groups in total. The summed E-state index contributed by atoms with van der Waals surface area (Å²) in [5, 5.41) is 9.76. The van der Waals surface area contributed by atoms with Crippen molar-refractivity contribution in [2.75, 3.05) is 6.54 Å². The second kappa shape index (κ2) is 7.95. The van der Waals surface area contributed by atoms with Gasteiger partial charge in [0.2, 0.25) is 0 Å². The van der Waals surface area contributed by atoms with Gasteiger partial charge in [0, 0.05) is 28.7 Å². The number of carboxylic acid groups (broad SMARTS) is 1. The molecule has 1 heterocycles. The molecule has 6 heteroatoms. The molecule has 0 bridgehead atoms. The number of carbonyl (C=O) groups is 2. The summed E-state index contributed by atoms with van der Waals surface area (Å²) in [6, 6.07) is 15.3. The van der Waals surface area contributed by atoms with E-state index in [9.17, 15) is 14.7 Å². The number of nitrogens with zero attached hydrogens (tertiary/aromatic N) is 2. The van der Waals surface area contributed by atoms with E-state index in [-0.39, 0.29) is 18.5 Å². The summed E-state index contributed by atoms with van der Waals surface area (Å²) in [6.07, 6.45) is -0.376. The van der Waals surface area contributed by atoms with Crippen LogP contribution < -0.4 is 0 Å². The van der Waals surface area contributed by atoms with Gasteiger partial charge < -0.3 is 14.9 Å². The molecule has 0 aromatic heterocycles. The van der Waals surface area contributed by atoms with Crippen LogP contribution in [0.25, 0.3) is 0 Å². The van der Waals surface area contributed by atoms with Gasteiger partial charge in [0.1, 0.15) is 0 Å². The maximum atomic E-state index is 13.1. The summed E-state index contributed by atoms with van der Waals surface area (Å²) in [6.45, 7) is 6.37. The van der Waals surface area contributed by atoms with E-state index in [4.69, 9.17) is 0 Å². The van der Waals surface area contributed by atoms with E-state index < -0.39 is 11.6 Å². The first-order valence-corrected chi connectivity index (χ1v) is 10.1. The molecule has 0 spiro atoms. The molecule has 0 unspecified atom stereocenters. The minimum atomic E-state index is -0.975. The molecule has 0 fully saturated rings. The lowest BCUT2D eigenvalue weighted by molar-refractivity contribution is 0.0528. The van der Waals surface area contributed by atoms with Crippen molar-refractivity contribution in [2.24, 2.45) is 0 Å². The molecular weight excluding hydrogens is 420 g/mol. The van der Waals surface area contributed by atoms with Crippen molar-refractivity contribution < 1.29 is 14.7 Å². The number of fused-ring (bicyclic) bond motifs is 1. The molecule has 0 radical (unpaired) electrons. The van der Waals surface area contributed by atoms with Crippen LogP contribution in [0, 0.1) is 0 Å². The van der Waals surface area contributed by atoms with Crippen LogP contribution in [0.3, 0.4) is 0 Å². The summed E-state index contributed by atoms with van der Waals surface area (Å²) in [4.78, 5) is 28.2. The second-order valence-corrected chi connectivity index (χ2v) is 9.06. The van der Waals surface area contributed by atoms with Gasteiger partial charge in [-0.2, -0.15) is 0 Å². The molecule has 2 amide bonds. The molecule has 28 heavy (non-hydrogen) atoms. The number of benzene rings is 2. The molecular formula is C22H25BrN2O3. The van der Waals surface area contributed by atoms with Crippen LogP contribution in [0.2, 0.25) is 0 Å². The zero-order valence-corrected chi connectivity index (χ0v) is 17.9. The summed E-state index contributed by atoms with van der Waals surface area (Å²) in [7, 11) is 0. The van der Waals surface area contributed by atoms with Crippen LogP contribution >= 0.6 is 15.9 Å². The fraction of sp³-hybridized carbons (Fsp3) is 0.364. The number of halogens is 1. The van der Waals surface area contributed by atoms with Crippen LogP contribution in [0.5, 0.6) is 0 Å². The van der Waals surface area contributed by atoms with Gasteiger partial charge in [-0.1, -0.05) is 46.3 Å². The van der Waals surface area contributed by atoms with Crippen molar-refractivity contribution in [1.82, 2.24) is 9.80 Å². The highest BCUT2D eigenvalue weighted by Gasteiger charge is 2.36. The lowest BCUT2D eigenvalue weighted by Gasteiger charge is -2.38. The molecule has 1 aliphatic rings. The highest BCUT2D eigenvalue weighted by atomic mass is 79.9. The summed E-state index contributed by atoms with van der Waals surface area (Å²) < 4.78 is 0.933. The Balaban J connectivity index is 1.92. The van der Waals surface area contributed by atoms with E-state index in [0.717, 1.165) is 15.6 Å². The van der Waals surface area contributed by atoms with Gasteiger partial charge in [-0.3, -0.25) is 4.79 Å². The van der Waals surface area contributed by atoms with Gasteiger partial charge in [-0.25, -0.2) is 4.79 Å². The molecule has 1 aliphatic heterocycles. The first-order valence-electron chi connectivity index (χ1n) is 9.30. The minimum absolute atomic E-state index is 0.0392. The Hall–Kier alpha value is -2.34. The van der Waals surface area contributed by atoms with E-state index in [1.807, 2.05) is 74.2 Å². The topological polar surface area (TPSA) is 60.9 Å². The molecule has 148 valence electrons. The third-order valence-corrected chi connectivity index (χ3v) is 5.58. The van der Waals surface area contributed by atoms with Gasteiger partial charge in [0.25, 0.3) is 5.91 Å². The fourth-order valence-corrected chi connectivity index (χ4v) is 4.02. The predicted molar refractivity (Wildman–Crippen MR) is 112 cm³/mol. The van der Waals surface area contributed by atoms with Crippen LogP contribution in [0.15, 0.2) is 53.0 Å². The van der Waals surface area contributed by atoms with Gasteiger partial charge in [-0.05, 0) is 56.5 Å². The van der Waals surface area contributed by atoms with Gasteiger partial charge >= 0.3 is 6.09 Å². The van der Waals surface area contributed by atoms with E-state index >= 15 is 0 Å². The minimum Gasteiger partial charge on any atom is -0.465 e. The van der Waals surface area contributed by atoms with Crippen LogP contribution in [0.4, 0.5) is 4.79 Å². The first-order chi connectivity index (χ1) is 13.2. The zero-order valence-electron chi connectivity index (χ0n) is 16.4. The van der Waals surface area contributed by atoms with Gasteiger partial charge in [-0.15, -0.1) is 0 Å². The smallest absolute Gasteiger partial charge is 0.407 e. The van der Waals surface area contributed by atoms with Gasteiger partial charge in [0.15, 0.2) is 0 Å². The highest BCUT2D eigenvalue weighted by molar-refractivity contribution is 9.10.